The molecule has 1 heterocycles. The SMILES string of the molecule is CCOC(=O)c1[nH]c2ccc(Cl)cc2c1CCN. The lowest BCUT2D eigenvalue weighted by Crippen LogP contribution is -2.10. The Labute approximate surface area is 110 Å². The number of H-pyrrole nitrogens is 1. The van der Waals surface area contributed by atoms with E-state index in [9.17, 15) is 4.79 Å². The molecular weight excluding hydrogens is 252 g/mol. The summed E-state index contributed by atoms with van der Waals surface area (Å²) in [6, 6.07) is 5.46. The summed E-state index contributed by atoms with van der Waals surface area (Å²) >= 11 is 5.98. The third-order valence-corrected chi connectivity index (χ3v) is 2.98. The van der Waals surface area contributed by atoms with Crippen LogP contribution in [0.25, 0.3) is 10.9 Å². The minimum atomic E-state index is -0.353. The predicted molar refractivity (Wildman–Crippen MR) is 72.0 cm³/mol. The van der Waals surface area contributed by atoms with Crippen molar-refractivity contribution in [3.63, 3.8) is 0 Å². The fourth-order valence-electron chi connectivity index (χ4n) is 2.00. The van der Waals surface area contributed by atoms with Gasteiger partial charge in [0.25, 0.3) is 0 Å². The number of ether oxygens (including phenoxy) is 1. The normalized spacial score (nSPS) is 10.8. The van der Waals surface area contributed by atoms with Crippen LogP contribution in [0.4, 0.5) is 0 Å². The van der Waals surface area contributed by atoms with E-state index in [0.29, 0.717) is 30.3 Å². The average Bonchev–Trinajstić information content (AvgIpc) is 2.69. The number of hydrogen-bond acceptors (Lipinski definition) is 3. The highest BCUT2D eigenvalue weighted by molar-refractivity contribution is 6.31. The van der Waals surface area contributed by atoms with Crippen LogP contribution in [0.2, 0.25) is 5.02 Å². The second-order valence-electron chi connectivity index (χ2n) is 3.93. The number of carbonyl (C=O) groups excluding carboxylic acids is 1. The van der Waals surface area contributed by atoms with E-state index in [4.69, 9.17) is 22.1 Å². The predicted octanol–water partition coefficient (Wildman–Crippen LogP) is 2.50. The molecule has 18 heavy (non-hydrogen) atoms. The zero-order valence-electron chi connectivity index (χ0n) is 10.1. The first-order valence-corrected chi connectivity index (χ1v) is 6.22. The standard InChI is InChI=1S/C13H15ClN2O2/c1-2-18-13(17)12-9(5-6-15)10-7-8(14)3-4-11(10)16-12/h3-4,7,16H,2,5-6,15H2,1H3. The zero-order chi connectivity index (χ0) is 13.1. The number of benzene rings is 1. The van der Waals surface area contributed by atoms with E-state index >= 15 is 0 Å². The van der Waals surface area contributed by atoms with Gasteiger partial charge in [0.05, 0.1) is 6.61 Å². The Morgan fingerprint density at radius 1 is 1.50 bits per heavy atom. The molecule has 1 aromatic heterocycles. The summed E-state index contributed by atoms with van der Waals surface area (Å²) in [7, 11) is 0. The van der Waals surface area contributed by atoms with Crippen LogP contribution in [0.15, 0.2) is 18.2 Å². The Kier molecular flexibility index (Phi) is 3.89. The molecule has 0 aliphatic carbocycles. The molecule has 0 aliphatic heterocycles. The monoisotopic (exact) mass is 266 g/mol. The highest BCUT2D eigenvalue weighted by Crippen LogP contribution is 2.26. The molecule has 0 fully saturated rings. The molecular formula is C13H15ClN2O2. The molecule has 0 spiro atoms. The Balaban J connectivity index is 2.57. The number of nitrogens with two attached hydrogens (primary N) is 1. The summed E-state index contributed by atoms with van der Waals surface area (Å²) in [5.41, 5.74) is 7.80. The van der Waals surface area contributed by atoms with Crippen molar-refractivity contribution in [2.24, 2.45) is 5.73 Å². The number of carbonyl (C=O) groups is 1. The minimum absolute atomic E-state index is 0.344. The van der Waals surface area contributed by atoms with E-state index in [1.807, 2.05) is 12.1 Å². The highest BCUT2D eigenvalue weighted by atomic mass is 35.5. The molecule has 4 nitrogen and oxygen atoms in total. The van der Waals surface area contributed by atoms with Gasteiger partial charge in [-0.25, -0.2) is 4.79 Å². The van der Waals surface area contributed by atoms with Gasteiger partial charge in [0.15, 0.2) is 0 Å². The third kappa shape index (κ3) is 2.35. The van der Waals surface area contributed by atoms with Gasteiger partial charge in [-0.3, -0.25) is 0 Å². The largest absolute Gasteiger partial charge is 0.461 e. The van der Waals surface area contributed by atoms with E-state index in [-0.39, 0.29) is 5.97 Å². The molecule has 3 N–H and O–H groups in total. The number of aromatic amines is 1. The van der Waals surface area contributed by atoms with E-state index in [2.05, 4.69) is 4.98 Å². The summed E-state index contributed by atoms with van der Waals surface area (Å²) in [6.45, 7) is 2.59. The molecule has 96 valence electrons. The van der Waals surface area contributed by atoms with Gasteiger partial charge in [0, 0.05) is 15.9 Å². The van der Waals surface area contributed by atoms with Crippen LogP contribution in [0.3, 0.4) is 0 Å². The summed E-state index contributed by atoms with van der Waals surface area (Å²) in [5.74, 6) is -0.353. The van der Waals surface area contributed by atoms with E-state index in [1.54, 1.807) is 13.0 Å². The first-order chi connectivity index (χ1) is 8.67. The summed E-state index contributed by atoms with van der Waals surface area (Å²) in [4.78, 5) is 14.9. The van der Waals surface area contributed by atoms with Gasteiger partial charge >= 0.3 is 5.97 Å². The van der Waals surface area contributed by atoms with Crippen molar-refractivity contribution in [2.75, 3.05) is 13.2 Å². The van der Waals surface area contributed by atoms with Gasteiger partial charge in [-0.15, -0.1) is 0 Å². The van der Waals surface area contributed by atoms with Gasteiger partial charge in [0.2, 0.25) is 0 Å². The van der Waals surface area contributed by atoms with Crippen molar-refractivity contribution in [1.82, 2.24) is 4.98 Å². The molecule has 0 saturated heterocycles. The number of halogens is 1. The van der Waals surface area contributed by atoms with Crippen molar-refractivity contribution in [1.29, 1.82) is 0 Å². The van der Waals surface area contributed by atoms with Crippen LogP contribution < -0.4 is 5.73 Å². The van der Waals surface area contributed by atoms with Crippen molar-refractivity contribution in [3.05, 3.63) is 34.5 Å². The number of hydrogen-bond donors (Lipinski definition) is 2. The lowest BCUT2D eigenvalue weighted by molar-refractivity contribution is 0.0519. The molecule has 0 saturated carbocycles. The second kappa shape index (κ2) is 5.42. The van der Waals surface area contributed by atoms with Crippen LogP contribution in [0.1, 0.15) is 23.0 Å². The molecule has 2 rings (SSSR count). The Hall–Kier alpha value is -1.52. The third-order valence-electron chi connectivity index (χ3n) is 2.74. The summed E-state index contributed by atoms with van der Waals surface area (Å²) < 4.78 is 5.03. The van der Waals surface area contributed by atoms with Gasteiger partial charge < -0.3 is 15.5 Å². The maximum absolute atomic E-state index is 11.9. The second-order valence-corrected chi connectivity index (χ2v) is 4.36. The number of aromatic nitrogens is 1. The van der Waals surface area contributed by atoms with Crippen molar-refractivity contribution >= 4 is 28.5 Å². The Bertz CT molecular complexity index is 578. The quantitative estimate of drug-likeness (QED) is 0.836. The summed E-state index contributed by atoms with van der Waals surface area (Å²) in [6.07, 6.45) is 0.606. The van der Waals surface area contributed by atoms with Gasteiger partial charge in [0.1, 0.15) is 5.69 Å². The first-order valence-electron chi connectivity index (χ1n) is 5.84. The van der Waals surface area contributed by atoms with Crippen molar-refractivity contribution in [3.8, 4) is 0 Å². The molecule has 0 radical (unpaired) electrons. The molecule has 1 aromatic carbocycles. The zero-order valence-corrected chi connectivity index (χ0v) is 10.9. The van der Waals surface area contributed by atoms with Crippen molar-refractivity contribution in [2.45, 2.75) is 13.3 Å². The fraction of sp³-hybridized carbons (Fsp3) is 0.308. The van der Waals surface area contributed by atoms with Gasteiger partial charge in [-0.05, 0) is 43.7 Å². The topological polar surface area (TPSA) is 68.1 Å². The molecule has 0 amide bonds. The highest BCUT2D eigenvalue weighted by Gasteiger charge is 2.18. The Morgan fingerprint density at radius 3 is 2.94 bits per heavy atom. The van der Waals surface area contributed by atoms with Crippen LogP contribution in [0.5, 0.6) is 0 Å². The van der Waals surface area contributed by atoms with Crippen LogP contribution in [-0.4, -0.2) is 24.1 Å². The number of rotatable bonds is 4. The van der Waals surface area contributed by atoms with E-state index in [1.165, 1.54) is 0 Å². The fourth-order valence-corrected chi connectivity index (χ4v) is 2.17. The van der Waals surface area contributed by atoms with Gasteiger partial charge in [-0.2, -0.15) is 0 Å². The lowest BCUT2D eigenvalue weighted by Gasteiger charge is -2.03. The van der Waals surface area contributed by atoms with E-state index < -0.39 is 0 Å². The molecule has 0 bridgehead atoms. The summed E-state index contributed by atoms with van der Waals surface area (Å²) in [5, 5.41) is 1.56. The van der Waals surface area contributed by atoms with E-state index in [0.717, 1.165) is 16.5 Å². The molecule has 5 heteroatoms. The van der Waals surface area contributed by atoms with Crippen LogP contribution in [0, 0.1) is 0 Å². The number of nitrogens with one attached hydrogen (secondary N) is 1. The molecule has 0 unspecified atom stereocenters. The maximum Gasteiger partial charge on any atom is 0.355 e. The average molecular weight is 267 g/mol. The lowest BCUT2D eigenvalue weighted by atomic mass is 10.1. The molecule has 2 aromatic rings. The van der Waals surface area contributed by atoms with Crippen LogP contribution in [-0.2, 0) is 11.2 Å². The number of esters is 1. The minimum Gasteiger partial charge on any atom is -0.461 e. The smallest absolute Gasteiger partial charge is 0.355 e. The van der Waals surface area contributed by atoms with Gasteiger partial charge in [-0.1, -0.05) is 11.6 Å². The van der Waals surface area contributed by atoms with Crippen molar-refractivity contribution < 1.29 is 9.53 Å². The van der Waals surface area contributed by atoms with Crippen LogP contribution >= 0.6 is 11.6 Å². The number of fused-ring (bicyclic) bond motifs is 1. The maximum atomic E-state index is 11.9. The first kappa shape index (κ1) is 12.9. The Morgan fingerprint density at radius 2 is 2.28 bits per heavy atom. The molecule has 0 atom stereocenters. The molecule has 0 aliphatic rings.